The summed E-state index contributed by atoms with van der Waals surface area (Å²) in [5.74, 6) is -0.939. The lowest BCUT2D eigenvalue weighted by atomic mass is 9.74. The molecule has 1 heterocycles. The summed E-state index contributed by atoms with van der Waals surface area (Å²) in [5, 5.41) is 5.48. The van der Waals surface area contributed by atoms with Crippen LogP contribution in [0.1, 0.15) is 86.6 Å². The van der Waals surface area contributed by atoms with Gasteiger partial charge in [-0.1, -0.05) is 53.2 Å². The van der Waals surface area contributed by atoms with Crippen LogP contribution < -0.4 is 15.4 Å². The molecule has 0 aliphatic carbocycles. The molecule has 1 fully saturated rings. The van der Waals surface area contributed by atoms with E-state index in [0.717, 1.165) is 37.9 Å². The molecule has 2 amide bonds. The highest BCUT2D eigenvalue weighted by Gasteiger charge is 2.35. The Morgan fingerprint density at radius 2 is 1.68 bits per heavy atom. The highest BCUT2D eigenvalue weighted by Crippen LogP contribution is 2.37. The number of esters is 1. The molecule has 1 aromatic rings. The third kappa shape index (κ3) is 9.00. The topological polar surface area (TPSA) is 97.0 Å². The fraction of sp³-hybridized carbons (Fsp3) is 0.700. The monoisotopic (exact) mass is 531 g/mol. The first-order valence-corrected chi connectivity index (χ1v) is 14.0. The summed E-state index contributed by atoms with van der Waals surface area (Å²) in [7, 11) is 2.16. The van der Waals surface area contributed by atoms with E-state index in [2.05, 4.69) is 35.6 Å². The number of likely N-dealkylation sites (tertiary alicyclic amines) is 1. The van der Waals surface area contributed by atoms with Crippen LogP contribution in [0.25, 0.3) is 0 Å². The molecule has 2 rings (SSSR count). The van der Waals surface area contributed by atoms with Crippen molar-refractivity contribution in [3.05, 3.63) is 29.8 Å². The summed E-state index contributed by atoms with van der Waals surface area (Å²) in [6, 6.07) is 6.02. The molecular weight excluding hydrogens is 482 g/mol. The van der Waals surface area contributed by atoms with Gasteiger partial charge in [-0.2, -0.15) is 0 Å². The Morgan fingerprint density at radius 1 is 1.03 bits per heavy atom. The van der Waals surface area contributed by atoms with Gasteiger partial charge in [-0.05, 0) is 83.2 Å². The Balaban J connectivity index is 2.14. The molecule has 3 atom stereocenters. The van der Waals surface area contributed by atoms with Gasteiger partial charge in [0.05, 0.1) is 0 Å². The molecule has 1 aliphatic rings. The number of benzene rings is 1. The molecule has 0 saturated carbocycles. The summed E-state index contributed by atoms with van der Waals surface area (Å²) in [6.07, 6.45) is 3.72. The van der Waals surface area contributed by atoms with Crippen molar-refractivity contribution in [1.29, 1.82) is 0 Å². The van der Waals surface area contributed by atoms with Gasteiger partial charge in [-0.3, -0.25) is 4.79 Å². The molecule has 1 aliphatic heterocycles. The average Bonchev–Trinajstić information content (AvgIpc) is 3.01. The van der Waals surface area contributed by atoms with Gasteiger partial charge in [-0.25, -0.2) is 9.59 Å². The van der Waals surface area contributed by atoms with E-state index >= 15 is 0 Å². The van der Waals surface area contributed by atoms with Crippen molar-refractivity contribution < 1.29 is 23.9 Å². The molecule has 1 saturated heterocycles. The first kappa shape index (κ1) is 31.6. The van der Waals surface area contributed by atoms with Gasteiger partial charge in [0.1, 0.15) is 23.4 Å². The zero-order chi connectivity index (χ0) is 28.7. The van der Waals surface area contributed by atoms with Crippen LogP contribution in [0, 0.1) is 11.8 Å². The SMILES string of the molecule is CCC1(c2cccc(OC(=O)N[C@H](C(=O)N[C@H](C(=O)OC(C)(C)C)C(C)C)C(C)C)c2)CCCCN(C)C1. The number of nitrogens with one attached hydrogen (secondary N) is 2. The van der Waals surface area contributed by atoms with E-state index in [0.29, 0.717) is 5.75 Å². The Morgan fingerprint density at radius 3 is 2.26 bits per heavy atom. The summed E-state index contributed by atoms with van der Waals surface area (Å²) in [4.78, 5) is 41.1. The predicted octanol–water partition coefficient (Wildman–Crippen LogP) is 5.05. The van der Waals surface area contributed by atoms with Gasteiger partial charge >= 0.3 is 12.1 Å². The average molecular weight is 532 g/mol. The normalized spacial score (nSPS) is 20.4. The van der Waals surface area contributed by atoms with Crippen molar-refractivity contribution in [2.45, 2.75) is 104 Å². The van der Waals surface area contributed by atoms with E-state index in [1.807, 2.05) is 39.8 Å². The molecular formula is C30H49N3O5. The van der Waals surface area contributed by atoms with Crippen LogP contribution in [0.5, 0.6) is 5.75 Å². The van der Waals surface area contributed by atoms with Crippen molar-refractivity contribution in [2.24, 2.45) is 11.8 Å². The van der Waals surface area contributed by atoms with Crippen molar-refractivity contribution in [1.82, 2.24) is 15.5 Å². The Labute approximate surface area is 229 Å². The number of hydrogen-bond donors (Lipinski definition) is 2. The van der Waals surface area contributed by atoms with Crippen LogP contribution in [0.4, 0.5) is 4.79 Å². The van der Waals surface area contributed by atoms with E-state index in [1.165, 1.54) is 6.42 Å². The molecule has 0 spiro atoms. The van der Waals surface area contributed by atoms with Gasteiger partial charge < -0.3 is 25.0 Å². The smallest absolute Gasteiger partial charge is 0.413 e. The van der Waals surface area contributed by atoms with E-state index in [-0.39, 0.29) is 17.3 Å². The number of hydrogen-bond acceptors (Lipinski definition) is 6. The molecule has 0 aromatic heterocycles. The second kappa shape index (κ2) is 13.5. The van der Waals surface area contributed by atoms with Crippen LogP contribution in [0.2, 0.25) is 0 Å². The van der Waals surface area contributed by atoms with Crippen molar-refractivity contribution in [2.75, 3.05) is 20.1 Å². The lowest BCUT2D eigenvalue weighted by Crippen LogP contribution is -2.56. The Hall–Kier alpha value is -2.61. The maximum Gasteiger partial charge on any atom is 0.413 e. The first-order chi connectivity index (χ1) is 17.7. The molecule has 2 N–H and O–H groups in total. The van der Waals surface area contributed by atoms with E-state index in [9.17, 15) is 14.4 Å². The predicted molar refractivity (Wildman–Crippen MR) is 150 cm³/mol. The van der Waals surface area contributed by atoms with Crippen LogP contribution >= 0.6 is 0 Å². The maximum atomic E-state index is 13.2. The zero-order valence-electron chi connectivity index (χ0n) is 24.8. The zero-order valence-corrected chi connectivity index (χ0v) is 24.8. The van der Waals surface area contributed by atoms with Gasteiger partial charge in [0.25, 0.3) is 0 Å². The number of ether oxygens (including phenoxy) is 2. The summed E-state index contributed by atoms with van der Waals surface area (Å²) in [6.45, 7) is 16.9. The molecule has 38 heavy (non-hydrogen) atoms. The fourth-order valence-electron chi connectivity index (χ4n) is 5.04. The maximum absolute atomic E-state index is 13.2. The van der Waals surface area contributed by atoms with E-state index in [1.54, 1.807) is 26.8 Å². The second-order valence-corrected chi connectivity index (χ2v) is 12.4. The van der Waals surface area contributed by atoms with Crippen LogP contribution in [0.3, 0.4) is 0 Å². The third-order valence-electron chi connectivity index (χ3n) is 7.20. The molecule has 8 heteroatoms. The minimum atomic E-state index is -0.883. The highest BCUT2D eigenvalue weighted by molar-refractivity contribution is 5.90. The molecule has 214 valence electrons. The van der Waals surface area contributed by atoms with Gasteiger partial charge in [-0.15, -0.1) is 0 Å². The quantitative estimate of drug-likeness (QED) is 0.433. The molecule has 1 unspecified atom stereocenters. The minimum absolute atomic E-state index is 0.00890. The molecule has 8 nitrogen and oxygen atoms in total. The lowest BCUT2D eigenvalue weighted by Gasteiger charge is -2.35. The largest absolute Gasteiger partial charge is 0.458 e. The molecule has 1 aromatic carbocycles. The molecule has 0 radical (unpaired) electrons. The number of rotatable bonds is 9. The number of carbonyl (C=O) groups excluding carboxylic acids is 3. The Kier molecular flexibility index (Phi) is 11.2. The van der Waals surface area contributed by atoms with Crippen molar-refractivity contribution in [3.63, 3.8) is 0 Å². The summed E-state index contributed by atoms with van der Waals surface area (Å²) in [5.41, 5.74) is 0.495. The van der Waals surface area contributed by atoms with Crippen LogP contribution in [0.15, 0.2) is 24.3 Å². The second-order valence-electron chi connectivity index (χ2n) is 12.4. The van der Waals surface area contributed by atoms with E-state index < -0.39 is 35.7 Å². The van der Waals surface area contributed by atoms with Gasteiger partial charge in [0.15, 0.2) is 0 Å². The standard InChI is InChI=1S/C30H49N3O5/c1-10-30(16-11-12-17-33(9)19-30)22-14-13-15-23(18-22)37-28(36)32-24(20(2)3)26(34)31-25(21(4)5)27(35)38-29(6,7)8/h13-15,18,20-21,24-25H,10-12,16-17,19H2,1-9H3,(H,31,34)(H,32,36)/t24-,25-,30?/m0/s1. The lowest BCUT2D eigenvalue weighted by molar-refractivity contribution is -0.160. The van der Waals surface area contributed by atoms with Gasteiger partial charge in [0, 0.05) is 12.0 Å². The highest BCUT2D eigenvalue weighted by atomic mass is 16.6. The van der Waals surface area contributed by atoms with Crippen molar-refractivity contribution in [3.8, 4) is 5.75 Å². The van der Waals surface area contributed by atoms with Gasteiger partial charge in [0.2, 0.25) is 5.91 Å². The number of likely N-dealkylation sites (N-methyl/N-ethyl adjacent to an activating group) is 1. The number of amides is 2. The van der Waals surface area contributed by atoms with E-state index in [4.69, 9.17) is 9.47 Å². The van der Waals surface area contributed by atoms with Crippen molar-refractivity contribution >= 4 is 18.0 Å². The van der Waals surface area contributed by atoms with Crippen LogP contribution in [-0.4, -0.2) is 60.7 Å². The fourth-order valence-corrected chi connectivity index (χ4v) is 5.04. The minimum Gasteiger partial charge on any atom is -0.458 e. The Bertz CT molecular complexity index is 955. The third-order valence-corrected chi connectivity index (χ3v) is 7.20. The van der Waals surface area contributed by atoms with Crippen LogP contribution in [-0.2, 0) is 19.7 Å². The first-order valence-electron chi connectivity index (χ1n) is 14.0. The summed E-state index contributed by atoms with van der Waals surface area (Å²) < 4.78 is 11.1. The number of nitrogens with zero attached hydrogens (tertiary/aromatic N) is 1. The molecule has 0 bridgehead atoms. The number of carbonyl (C=O) groups is 3. The summed E-state index contributed by atoms with van der Waals surface area (Å²) >= 11 is 0.